The maximum absolute atomic E-state index is 10.7. The van der Waals surface area contributed by atoms with Crippen molar-refractivity contribution < 1.29 is 14.8 Å². The fourth-order valence-electron chi connectivity index (χ4n) is 1.08. The second kappa shape index (κ2) is 4.27. The van der Waals surface area contributed by atoms with E-state index < -0.39 is 16.8 Å². The summed E-state index contributed by atoms with van der Waals surface area (Å²) in [5.41, 5.74) is 0.0841. The zero-order chi connectivity index (χ0) is 11.6. The summed E-state index contributed by atoms with van der Waals surface area (Å²) in [6.07, 6.45) is 0. The van der Waals surface area contributed by atoms with Gasteiger partial charge in [-0.25, -0.2) is 0 Å². The monoisotopic (exact) mass is 229 g/mol. The van der Waals surface area contributed by atoms with Crippen molar-refractivity contribution in [1.82, 2.24) is 0 Å². The molecule has 0 unspecified atom stereocenters. The van der Waals surface area contributed by atoms with Crippen molar-refractivity contribution in [3.8, 4) is 0 Å². The Morgan fingerprint density at radius 2 is 2.20 bits per heavy atom. The van der Waals surface area contributed by atoms with Crippen LogP contribution in [0.2, 0.25) is 5.02 Å². The van der Waals surface area contributed by atoms with Crippen LogP contribution in [0.15, 0.2) is 18.2 Å². The average Bonchev–Trinajstić information content (AvgIpc) is 2.16. The van der Waals surface area contributed by atoms with Gasteiger partial charge in [0.25, 0.3) is 5.69 Å². The SMILES string of the molecule is C[C@@H](C(=O)O)c1ccc(Cl)c([N+](=O)[O-])c1. The van der Waals surface area contributed by atoms with Gasteiger partial charge in [-0.3, -0.25) is 14.9 Å². The summed E-state index contributed by atoms with van der Waals surface area (Å²) in [7, 11) is 0. The van der Waals surface area contributed by atoms with E-state index in [1.807, 2.05) is 0 Å². The summed E-state index contributed by atoms with van der Waals surface area (Å²) in [6.45, 7) is 1.45. The van der Waals surface area contributed by atoms with Crippen LogP contribution in [0.1, 0.15) is 18.4 Å². The van der Waals surface area contributed by atoms with E-state index in [0.29, 0.717) is 5.56 Å². The number of benzene rings is 1. The van der Waals surface area contributed by atoms with Crippen molar-refractivity contribution in [2.75, 3.05) is 0 Å². The van der Waals surface area contributed by atoms with Gasteiger partial charge in [-0.15, -0.1) is 0 Å². The molecule has 1 aromatic rings. The summed E-state index contributed by atoms with van der Waals surface area (Å²) in [5, 5.41) is 19.3. The molecule has 0 saturated carbocycles. The zero-order valence-corrected chi connectivity index (χ0v) is 8.56. The molecule has 1 N–H and O–H groups in total. The molecule has 1 aromatic carbocycles. The van der Waals surface area contributed by atoms with Gasteiger partial charge in [-0.1, -0.05) is 17.7 Å². The quantitative estimate of drug-likeness (QED) is 0.638. The summed E-state index contributed by atoms with van der Waals surface area (Å²) in [5.74, 6) is -1.83. The van der Waals surface area contributed by atoms with Crippen LogP contribution < -0.4 is 0 Å². The fourth-order valence-corrected chi connectivity index (χ4v) is 1.27. The molecule has 0 heterocycles. The van der Waals surface area contributed by atoms with Gasteiger partial charge in [0.2, 0.25) is 0 Å². The van der Waals surface area contributed by atoms with Crippen LogP contribution in [-0.4, -0.2) is 16.0 Å². The van der Waals surface area contributed by atoms with Crippen molar-refractivity contribution in [1.29, 1.82) is 0 Å². The molecule has 0 spiro atoms. The first-order valence-corrected chi connectivity index (χ1v) is 4.48. The maximum atomic E-state index is 10.7. The predicted octanol–water partition coefficient (Wildman–Crippen LogP) is 2.44. The van der Waals surface area contributed by atoms with Gasteiger partial charge in [0.05, 0.1) is 10.8 Å². The number of carboxylic acid groups (broad SMARTS) is 1. The molecular formula is C9H8ClNO4. The molecule has 1 rings (SSSR count). The second-order valence-corrected chi connectivity index (χ2v) is 3.44. The van der Waals surface area contributed by atoms with Crippen LogP contribution in [0.4, 0.5) is 5.69 Å². The number of aliphatic carboxylic acids is 1. The first kappa shape index (κ1) is 11.5. The van der Waals surface area contributed by atoms with Crippen LogP contribution >= 0.6 is 11.6 Å². The molecule has 80 valence electrons. The third kappa shape index (κ3) is 2.44. The molecule has 15 heavy (non-hydrogen) atoms. The van der Waals surface area contributed by atoms with Crippen molar-refractivity contribution in [2.45, 2.75) is 12.8 Å². The van der Waals surface area contributed by atoms with Gasteiger partial charge < -0.3 is 5.11 Å². The number of hydrogen-bond acceptors (Lipinski definition) is 3. The lowest BCUT2D eigenvalue weighted by atomic mass is 10.0. The van der Waals surface area contributed by atoms with E-state index >= 15 is 0 Å². The summed E-state index contributed by atoms with van der Waals surface area (Å²) < 4.78 is 0. The normalized spacial score (nSPS) is 12.1. The Labute approximate surface area is 90.4 Å². The minimum Gasteiger partial charge on any atom is -0.481 e. The average molecular weight is 230 g/mol. The molecule has 5 nitrogen and oxygen atoms in total. The Balaban J connectivity index is 3.18. The van der Waals surface area contributed by atoms with Crippen molar-refractivity contribution in [2.24, 2.45) is 0 Å². The minimum atomic E-state index is -1.04. The molecule has 0 radical (unpaired) electrons. The molecule has 0 aliphatic carbocycles. The largest absolute Gasteiger partial charge is 0.481 e. The third-order valence-corrected chi connectivity index (χ3v) is 2.36. The van der Waals surface area contributed by atoms with Crippen LogP contribution in [0.25, 0.3) is 0 Å². The van der Waals surface area contributed by atoms with E-state index in [1.54, 1.807) is 0 Å². The van der Waals surface area contributed by atoms with Gasteiger partial charge in [-0.2, -0.15) is 0 Å². The van der Waals surface area contributed by atoms with Crippen LogP contribution in [0.5, 0.6) is 0 Å². The second-order valence-electron chi connectivity index (χ2n) is 3.03. The van der Waals surface area contributed by atoms with Crippen LogP contribution in [0, 0.1) is 10.1 Å². The van der Waals surface area contributed by atoms with E-state index in [0.717, 1.165) is 0 Å². The molecule has 0 fully saturated rings. The van der Waals surface area contributed by atoms with Gasteiger partial charge in [-0.05, 0) is 18.6 Å². The van der Waals surface area contributed by atoms with Crippen molar-refractivity contribution in [3.63, 3.8) is 0 Å². The van der Waals surface area contributed by atoms with E-state index in [2.05, 4.69) is 0 Å². The fraction of sp³-hybridized carbons (Fsp3) is 0.222. The molecule has 6 heteroatoms. The number of nitrogens with zero attached hydrogens (tertiary/aromatic N) is 1. The molecule has 1 atom stereocenters. The van der Waals surface area contributed by atoms with E-state index in [9.17, 15) is 14.9 Å². The number of hydrogen-bond donors (Lipinski definition) is 1. The highest BCUT2D eigenvalue weighted by Crippen LogP contribution is 2.28. The Bertz CT molecular complexity index is 419. The Hall–Kier alpha value is -1.62. The standard InChI is InChI=1S/C9H8ClNO4/c1-5(9(12)13)6-2-3-7(10)8(4-6)11(14)15/h2-5H,1H3,(H,12,13)/t5-/m1/s1. The van der Waals surface area contributed by atoms with Gasteiger partial charge in [0, 0.05) is 6.07 Å². The molecule has 0 aliphatic heterocycles. The van der Waals surface area contributed by atoms with Gasteiger partial charge in [0.1, 0.15) is 5.02 Å². The zero-order valence-electron chi connectivity index (χ0n) is 7.81. The van der Waals surface area contributed by atoms with E-state index in [1.165, 1.54) is 25.1 Å². The molecular weight excluding hydrogens is 222 g/mol. The van der Waals surface area contributed by atoms with E-state index in [4.69, 9.17) is 16.7 Å². The highest BCUT2D eigenvalue weighted by Gasteiger charge is 2.19. The topological polar surface area (TPSA) is 80.4 Å². The molecule has 0 saturated heterocycles. The van der Waals surface area contributed by atoms with Crippen LogP contribution in [-0.2, 0) is 4.79 Å². The lowest BCUT2D eigenvalue weighted by molar-refractivity contribution is -0.384. The highest BCUT2D eigenvalue weighted by molar-refractivity contribution is 6.32. The third-order valence-electron chi connectivity index (χ3n) is 2.04. The van der Waals surface area contributed by atoms with Crippen LogP contribution in [0.3, 0.4) is 0 Å². The Morgan fingerprint density at radius 1 is 1.60 bits per heavy atom. The maximum Gasteiger partial charge on any atom is 0.310 e. The highest BCUT2D eigenvalue weighted by atomic mass is 35.5. The smallest absolute Gasteiger partial charge is 0.310 e. The Morgan fingerprint density at radius 3 is 2.67 bits per heavy atom. The predicted molar refractivity (Wildman–Crippen MR) is 54.2 cm³/mol. The number of halogens is 1. The number of nitro benzene ring substituents is 1. The first-order valence-electron chi connectivity index (χ1n) is 4.10. The molecule has 0 amide bonds. The number of rotatable bonds is 3. The number of carboxylic acids is 1. The van der Waals surface area contributed by atoms with Crippen molar-refractivity contribution >= 4 is 23.3 Å². The molecule has 0 aromatic heterocycles. The molecule has 0 bridgehead atoms. The Kier molecular flexibility index (Phi) is 3.26. The van der Waals surface area contributed by atoms with Gasteiger partial charge >= 0.3 is 5.97 Å². The minimum absolute atomic E-state index is 0.00124. The number of carbonyl (C=O) groups is 1. The lowest BCUT2D eigenvalue weighted by Crippen LogP contribution is -2.07. The van der Waals surface area contributed by atoms with E-state index in [-0.39, 0.29) is 10.7 Å². The summed E-state index contributed by atoms with van der Waals surface area (Å²) in [4.78, 5) is 20.6. The van der Waals surface area contributed by atoms with Crippen molar-refractivity contribution in [3.05, 3.63) is 38.9 Å². The lowest BCUT2D eigenvalue weighted by Gasteiger charge is -2.06. The number of nitro groups is 1. The first-order chi connectivity index (χ1) is 6.93. The molecule has 0 aliphatic rings. The summed E-state index contributed by atoms with van der Waals surface area (Å²) >= 11 is 5.59. The van der Waals surface area contributed by atoms with Gasteiger partial charge in [0.15, 0.2) is 0 Å². The summed E-state index contributed by atoms with van der Waals surface area (Å²) in [6, 6.07) is 3.98.